The van der Waals surface area contributed by atoms with E-state index in [4.69, 9.17) is 11.6 Å². The molecule has 1 aliphatic carbocycles. The molecule has 0 aromatic heterocycles. The summed E-state index contributed by atoms with van der Waals surface area (Å²) < 4.78 is 79.4. The zero-order valence-electron chi connectivity index (χ0n) is 14.6. The number of hydrogen-bond donors (Lipinski definition) is 2. The van der Waals surface area contributed by atoms with Gasteiger partial charge in [0.15, 0.2) is 27.3 Å². The zero-order chi connectivity index (χ0) is 21.5. The molecule has 29 heavy (non-hydrogen) atoms. The highest BCUT2D eigenvalue weighted by Crippen LogP contribution is 2.33. The lowest BCUT2D eigenvalue weighted by molar-refractivity contribution is 0.102. The molecule has 3 rings (SSSR count). The highest BCUT2D eigenvalue weighted by molar-refractivity contribution is 7.92. The van der Waals surface area contributed by atoms with Crippen LogP contribution in [-0.4, -0.2) is 30.8 Å². The van der Waals surface area contributed by atoms with Crippen molar-refractivity contribution in [1.29, 1.82) is 0 Å². The molecule has 0 spiro atoms. The van der Waals surface area contributed by atoms with Crippen molar-refractivity contribution in [1.82, 2.24) is 0 Å². The Morgan fingerprint density at radius 1 is 1.03 bits per heavy atom. The molecule has 2 aromatic rings. The lowest BCUT2D eigenvalue weighted by Gasteiger charge is -2.14. The number of carbonyl (C=O) groups is 1. The van der Waals surface area contributed by atoms with E-state index in [1.54, 1.807) is 0 Å². The van der Waals surface area contributed by atoms with Crippen LogP contribution in [0.5, 0.6) is 0 Å². The van der Waals surface area contributed by atoms with E-state index in [-0.39, 0.29) is 19.3 Å². The fraction of sp³-hybridized carbons (Fsp3) is 0.278. The summed E-state index contributed by atoms with van der Waals surface area (Å²) >= 11 is 5.84. The summed E-state index contributed by atoms with van der Waals surface area (Å²) in [5.41, 5.74) is -0.912. The number of aliphatic hydroxyl groups excluding tert-OH is 1. The van der Waals surface area contributed by atoms with Gasteiger partial charge in [-0.3, -0.25) is 4.79 Å². The van der Waals surface area contributed by atoms with E-state index in [2.05, 4.69) is 5.32 Å². The Labute approximate surface area is 168 Å². The quantitative estimate of drug-likeness (QED) is 0.546. The number of sulfone groups is 1. The lowest BCUT2D eigenvalue weighted by atomic mass is 10.2. The minimum atomic E-state index is -4.21. The Morgan fingerprint density at radius 2 is 1.66 bits per heavy atom. The van der Waals surface area contributed by atoms with Gasteiger partial charge in [0.25, 0.3) is 5.91 Å². The first-order chi connectivity index (χ1) is 13.5. The highest BCUT2D eigenvalue weighted by atomic mass is 35.5. The molecule has 1 aliphatic rings. The number of rotatable bonds is 4. The molecule has 0 saturated heterocycles. The molecule has 1 amide bonds. The van der Waals surface area contributed by atoms with Crippen molar-refractivity contribution in [3.63, 3.8) is 0 Å². The Hall–Kier alpha value is -2.17. The maximum atomic E-state index is 14.3. The minimum absolute atomic E-state index is 0.0694. The van der Waals surface area contributed by atoms with Gasteiger partial charge in [-0.05, 0) is 31.4 Å². The van der Waals surface area contributed by atoms with Gasteiger partial charge in [0.05, 0.1) is 21.9 Å². The third kappa shape index (κ3) is 4.24. The van der Waals surface area contributed by atoms with Crippen molar-refractivity contribution in [3.8, 4) is 0 Å². The Kier molecular flexibility index (Phi) is 5.88. The van der Waals surface area contributed by atoms with E-state index in [1.165, 1.54) is 0 Å². The summed E-state index contributed by atoms with van der Waals surface area (Å²) in [4.78, 5) is 11.6. The number of aliphatic hydroxyl groups is 1. The van der Waals surface area contributed by atoms with Crippen LogP contribution in [0.1, 0.15) is 29.6 Å². The number of benzene rings is 2. The number of nitrogens with one attached hydrogen (secondary N) is 1. The molecule has 0 radical (unpaired) electrons. The van der Waals surface area contributed by atoms with Crippen LogP contribution >= 0.6 is 11.6 Å². The van der Waals surface area contributed by atoms with Crippen LogP contribution < -0.4 is 5.32 Å². The molecular formula is C18H14ClF4NO4S. The predicted octanol–water partition coefficient (Wildman–Crippen LogP) is 3.84. The summed E-state index contributed by atoms with van der Waals surface area (Å²) in [7, 11) is -4.21. The van der Waals surface area contributed by atoms with Crippen LogP contribution in [0, 0.1) is 23.3 Å². The minimum Gasteiger partial charge on any atom is -0.393 e. The highest BCUT2D eigenvalue weighted by Gasteiger charge is 2.37. The molecule has 1 saturated carbocycles. The van der Waals surface area contributed by atoms with E-state index in [9.17, 15) is 35.9 Å². The van der Waals surface area contributed by atoms with Gasteiger partial charge in [0.1, 0.15) is 10.7 Å². The lowest BCUT2D eigenvalue weighted by Crippen LogP contribution is -2.22. The van der Waals surface area contributed by atoms with Gasteiger partial charge in [-0.1, -0.05) is 11.6 Å². The van der Waals surface area contributed by atoms with E-state index in [0.717, 1.165) is 6.07 Å². The van der Waals surface area contributed by atoms with Gasteiger partial charge in [-0.15, -0.1) is 0 Å². The van der Waals surface area contributed by atoms with Gasteiger partial charge in [-0.25, -0.2) is 26.0 Å². The molecule has 0 aliphatic heterocycles. The Balaban J connectivity index is 1.96. The topological polar surface area (TPSA) is 83.5 Å². The molecule has 5 nitrogen and oxygen atoms in total. The average Bonchev–Trinajstić information content (AvgIpc) is 3.06. The molecule has 2 aromatic carbocycles. The van der Waals surface area contributed by atoms with Crippen molar-refractivity contribution in [2.45, 2.75) is 35.5 Å². The smallest absolute Gasteiger partial charge is 0.257 e. The SMILES string of the molecule is O=C(Nc1cc(F)c(F)c(F)c1)c1cc(S(=O)(=O)C2CCC(O)C2)c(F)cc1Cl. The average molecular weight is 452 g/mol. The fourth-order valence-corrected chi connectivity index (χ4v) is 5.26. The van der Waals surface area contributed by atoms with E-state index in [1.807, 2.05) is 0 Å². The van der Waals surface area contributed by atoms with Gasteiger partial charge < -0.3 is 10.4 Å². The third-order valence-corrected chi connectivity index (χ3v) is 7.15. The monoisotopic (exact) mass is 451 g/mol. The van der Waals surface area contributed by atoms with Crippen LogP contribution in [0.3, 0.4) is 0 Å². The predicted molar refractivity (Wildman–Crippen MR) is 96.5 cm³/mol. The second-order valence-electron chi connectivity index (χ2n) is 6.60. The Morgan fingerprint density at radius 3 is 2.21 bits per heavy atom. The largest absolute Gasteiger partial charge is 0.393 e. The van der Waals surface area contributed by atoms with Crippen LogP contribution in [0.4, 0.5) is 23.2 Å². The molecule has 0 heterocycles. The summed E-state index contributed by atoms with van der Waals surface area (Å²) in [6.07, 6.45) is -0.522. The third-order valence-electron chi connectivity index (χ3n) is 4.61. The number of carbonyl (C=O) groups excluding carboxylic acids is 1. The summed E-state index contributed by atoms with van der Waals surface area (Å²) in [5, 5.41) is 10.2. The first-order valence-corrected chi connectivity index (χ1v) is 10.3. The number of amides is 1. The molecule has 0 bridgehead atoms. The first kappa shape index (κ1) is 21.5. The van der Waals surface area contributed by atoms with Gasteiger partial charge in [0.2, 0.25) is 0 Å². The molecule has 11 heteroatoms. The Bertz CT molecular complexity index is 1070. The maximum Gasteiger partial charge on any atom is 0.257 e. The second-order valence-corrected chi connectivity index (χ2v) is 9.21. The number of hydrogen-bond acceptors (Lipinski definition) is 4. The van der Waals surface area contributed by atoms with E-state index < -0.39 is 71.5 Å². The first-order valence-electron chi connectivity index (χ1n) is 8.37. The molecular weight excluding hydrogens is 438 g/mol. The molecule has 156 valence electrons. The van der Waals surface area contributed by atoms with E-state index in [0.29, 0.717) is 18.2 Å². The van der Waals surface area contributed by atoms with Gasteiger partial charge in [0, 0.05) is 17.8 Å². The van der Waals surface area contributed by atoms with Crippen molar-refractivity contribution < 1.29 is 35.9 Å². The summed E-state index contributed by atoms with van der Waals surface area (Å²) in [5.74, 6) is -7.08. The molecule has 1 fully saturated rings. The fourth-order valence-electron chi connectivity index (χ4n) is 3.13. The standard InChI is InChI=1S/C18H14ClF4NO4S/c19-12-7-13(20)16(29(27,28)10-2-1-9(25)5-10)6-11(12)18(26)24-8-3-14(21)17(23)15(22)4-8/h3-4,6-7,9-10,25H,1-2,5H2,(H,24,26). The number of halogens is 5. The normalized spacial score (nSPS) is 19.4. The molecule has 2 N–H and O–H groups in total. The van der Waals surface area contributed by atoms with Crippen molar-refractivity contribution >= 4 is 33.0 Å². The van der Waals surface area contributed by atoms with Crippen LogP contribution in [-0.2, 0) is 9.84 Å². The summed E-state index contributed by atoms with van der Waals surface area (Å²) in [6.45, 7) is 0. The molecule has 2 atom stereocenters. The number of anilines is 1. The second kappa shape index (κ2) is 7.92. The zero-order valence-corrected chi connectivity index (χ0v) is 16.1. The van der Waals surface area contributed by atoms with E-state index >= 15 is 0 Å². The van der Waals surface area contributed by atoms with Crippen LogP contribution in [0.15, 0.2) is 29.2 Å². The van der Waals surface area contributed by atoms with Crippen molar-refractivity contribution in [2.75, 3.05) is 5.32 Å². The van der Waals surface area contributed by atoms with Gasteiger partial charge >= 0.3 is 0 Å². The summed E-state index contributed by atoms with van der Waals surface area (Å²) in [6, 6.07) is 2.40. The molecule has 2 unspecified atom stereocenters. The van der Waals surface area contributed by atoms with Crippen LogP contribution in [0.25, 0.3) is 0 Å². The maximum absolute atomic E-state index is 14.3. The van der Waals surface area contributed by atoms with Crippen molar-refractivity contribution in [3.05, 3.63) is 58.1 Å². The van der Waals surface area contributed by atoms with Crippen LogP contribution in [0.2, 0.25) is 5.02 Å². The van der Waals surface area contributed by atoms with Crippen molar-refractivity contribution in [2.24, 2.45) is 0 Å². The van der Waals surface area contributed by atoms with Gasteiger partial charge in [-0.2, -0.15) is 0 Å².